The normalized spacial score (nSPS) is 16.5. The second kappa shape index (κ2) is 5.59. The Labute approximate surface area is 145 Å². The minimum Gasteiger partial charge on any atom is -0.450 e. The molecule has 1 unspecified atom stereocenters. The van der Waals surface area contributed by atoms with Gasteiger partial charge in [0.25, 0.3) is 5.91 Å². The van der Waals surface area contributed by atoms with Crippen LogP contribution in [0.5, 0.6) is 0 Å². The van der Waals surface area contributed by atoms with Gasteiger partial charge in [0.05, 0.1) is 17.0 Å². The van der Waals surface area contributed by atoms with E-state index in [1.807, 2.05) is 63.2 Å². The van der Waals surface area contributed by atoms with Crippen molar-refractivity contribution in [3.63, 3.8) is 0 Å². The molecule has 0 saturated heterocycles. The van der Waals surface area contributed by atoms with Crippen molar-refractivity contribution < 1.29 is 9.21 Å². The topological polar surface area (TPSA) is 50.5 Å². The lowest BCUT2D eigenvalue weighted by molar-refractivity contribution is 0.0738. The predicted octanol–water partition coefficient (Wildman–Crippen LogP) is 3.97. The molecule has 0 radical (unpaired) electrons. The van der Waals surface area contributed by atoms with Crippen molar-refractivity contribution in [1.82, 2.24) is 4.90 Å². The van der Waals surface area contributed by atoms with Crippen LogP contribution in [0.1, 0.15) is 45.8 Å². The fourth-order valence-electron chi connectivity index (χ4n) is 3.58. The van der Waals surface area contributed by atoms with Gasteiger partial charge in [-0.1, -0.05) is 30.3 Å². The summed E-state index contributed by atoms with van der Waals surface area (Å²) in [5.74, 6) is -0.0416. The number of hydrogen-bond donors (Lipinski definition) is 0. The Balaban J connectivity index is 2.06. The van der Waals surface area contributed by atoms with E-state index in [0.717, 1.165) is 16.7 Å². The molecule has 1 atom stereocenters. The quantitative estimate of drug-likeness (QED) is 0.713. The van der Waals surface area contributed by atoms with E-state index in [9.17, 15) is 9.59 Å². The highest BCUT2D eigenvalue weighted by Crippen LogP contribution is 2.37. The van der Waals surface area contributed by atoms with Crippen molar-refractivity contribution in [2.75, 3.05) is 6.54 Å². The summed E-state index contributed by atoms with van der Waals surface area (Å²) in [6.45, 7) is 6.36. The second-order valence-electron chi connectivity index (χ2n) is 6.51. The van der Waals surface area contributed by atoms with Crippen LogP contribution in [-0.4, -0.2) is 17.4 Å². The Hall–Kier alpha value is -2.88. The van der Waals surface area contributed by atoms with Crippen LogP contribution in [0, 0.1) is 13.8 Å². The van der Waals surface area contributed by atoms with Crippen molar-refractivity contribution in [2.45, 2.75) is 26.8 Å². The number of aryl methyl sites for hydroxylation is 2. The first-order valence-electron chi connectivity index (χ1n) is 8.46. The van der Waals surface area contributed by atoms with E-state index < -0.39 is 6.04 Å². The van der Waals surface area contributed by atoms with Crippen molar-refractivity contribution in [3.8, 4) is 0 Å². The highest BCUT2D eigenvalue weighted by molar-refractivity contribution is 5.99. The summed E-state index contributed by atoms with van der Waals surface area (Å²) in [4.78, 5) is 27.8. The number of nitrogens with zero attached hydrogens (tertiary/aromatic N) is 1. The van der Waals surface area contributed by atoms with Crippen LogP contribution in [0.4, 0.5) is 0 Å². The van der Waals surface area contributed by atoms with Crippen LogP contribution in [0.25, 0.3) is 11.0 Å². The fourth-order valence-corrected chi connectivity index (χ4v) is 3.58. The van der Waals surface area contributed by atoms with Crippen LogP contribution < -0.4 is 5.43 Å². The number of carbonyl (C=O) groups excluding carboxylic acids is 1. The summed E-state index contributed by atoms with van der Waals surface area (Å²) >= 11 is 0. The van der Waals surface area contributed by atoms with Crippen LogP contribution in [-0.2, 0) is 0 Å². The summed E-state index contributed by atoms with van der Waals surface area (Å²) in [7, 11) is 0. The summed E-state index contributed by atoms with van der Waals surface area (Å²) in [6.07, 6.45) is 0. The van der Waals surface area contributed by atoms with Gasteiger partial charge in [-0.25, -0.2) is 0 Å². The van der Waals surface area contributed by atoms with Gasteiger partial charge in [-0.05, 0) is 49.6 Å². The summed E-state index contributed by atoms with van der Waals surface area (Å²) in [5, 5.41) is 0.536. The van der Waals surface area contributed by atoms with Gasteiger partial charge < -0.3 is 9.32 Å². The van der Waals surface area contributed by atoms with Crippen LogP contribution in [0.15, 0.2) is 51.7 Å². The second-order valence-corrected chi connectivity index (χ2v) is 6.51. The zero-order valence-corrected chi connectivity index (χ0v) is 14.5. The van der Waals surface area contributed by atoms with E-state index in [1.165, 1.54) is 0 Å². The Morgan fingerprint density at radius 2 is 1.72 bits per heavy atom. The third-order valence-electron chi connectivity index (χ3n) is 5.04. The number of benzene rings is 2. The van der Waals surface area contributed by atoms with Gasteiger partial charge >= 0.3 is 0 Å². The van der Waals surface area contributed by atoms with Gasteiger partial charge in [-0.2, -0.15) is 0 Å². The number of amides is 1. The smallest absolute Gasteiger partial charge is 0.290 e. The first kappa shape index (κ1) is 15.6. The van der Waals surface area contributed by atoms with Crippen molar-refractivity contribution in [2.24, 2.45) is 0 Å². The maximum atomic E-state index is 13.2. The zero-order valence-electron chi connectivity index (χ0n) is 14.5. The predicted molar refractivity (Wildman–Crippen MR) is 97.0 cm³/mol. The van der Waals surface area contributed by atoms with E-state index in [0.29, 0.717) is 23.1 Å². The van der Waals surface area contributed by atoms with Gasteiger partial charge in [0, 0.05) is 6.54 Å². The molecule has 1 aliphatic heterocycles. The van der Waals surface area contributed by atoms with E-state index in [4.69, 9.17) is 4.42 Å². The van der Waals surface area contributed by atoms with E-state index in [2.05, 4.69) is 0 Å². The summed E-state index contributed by atoms with van der Waals surface area (Å²) < 4.78 is 5.93. The van der Waals surface area contributed by atoms with Crippen molar-refractivity contribution in [1.29, 1.82) is 0 Å². The monoisotopic (exact) mass is 333 g/mol. The SMILES string of the molecule is CCN1C(=O)c2oc3cc(C)c(C)cc3c(=O)c2C1c1ccccc1. The first-order valence-corrected chi connectivity index (χ1v) is 8.46. The molecule has 4 heteroatoms. The van der Waals surface area contributed by atoms with Crippen LogP contribution >= 0.6 is 0 Å². The molecular formula is C21H19NO3. The highest BCUT2D eigenvalue weighted by atomic mass is 16.3. The van der Waals surface area contributed by atoms with Gasteiger partial charge in [-0.15, -0.1) is 0 Å². The number of rotatable bonds is 2. The molecular weight excluding hydrogens is 314 g/mol. The molecule has 2 heterocycles. The number of hydrogen-bond acceptors (Lipinski definition) is 3. The zero-order chi connectivity index (χ0) is 17.7. The van der Waals surface area contributed by atoms with Crippen LogP contribution in [0.2, 0.25) is 0 Å². The lowest BCUT2D eigenvalue weighted by atomic mass is 9.97. The molecule has 25 heavy (non-hydrogen) atoms. The molecule has 1 amide bonds. The van der Waals surface area contributed by atoms with E-state index >= 15 is 0 Å². The van der Waals surface area contributed by atoms with E-state index in [1.54, 1.807) is 4.90 Å². The highest BCUT2D eigenvalue weighted by Gasteiger charge is 2.41. The standard InChI is InChI=1S/C21H19NO3/c1-4-22-18(14-8-6-5-7-9-14)17-19(23)15-10-12(2)13(3)11-16(15)25-20(17)21(22)24/h5-11,18H,4H2,1-3H3. The van der Waals surface area contributed by atoms with Crippen molar-refractivity contribution >= 4 is 16.9 Å². The molecule has 4 nitrogen and oxygen atoms in total. The number of carbonyl (C=O) groups is 1. The summed E-state index contributed by atoms with van der Waals surface area (Å²) in [5.41, 5.74) is 3.81. The first-order chi connectivity index (χ1) is 12.0. The van der Waals surface area contributed by atoms with Gasteiger partial charge in [0.2, 0.25) is 5.76 Å². The Morgan fingerprint density at radius 3 is 2.40 bits per heavy atom. The minimum absolute atomic E-state index is 0.113. The fraction of sp³-hybridized carbons (Fsp3) is 0.238. The maximum absolute atomic E-state index is 13.2. The van der Waals surface area contributed by atoms with E-state index in [-0.39, 0.29) is 17.1 Å². The molecule has 0 N–H and O–H groups in total. The molecule has 0 fully saturated rings. The third-order valence-corrected chi connectivity index (χ3v) is 5.04. The molecule has 126 valence electrons. The molecule has 0 spiro atoms. The number of fused-ring (bicyclic) bond motifs is 2. The minimum atomic E-state index is -0.393. The lowest BCUT2D eigenvalue weighted by Crippen LogP contribution is -2.29. The molecule has 1 aromatic heterocycles. The molecule has 0 saturated carbocycles. The Morgan fingerprint density at radius 1 is 1.04 bits per heavy atom. The Bertz CT molecular complexity index is 1050. The average molecular weight is 333 g/mol. The third kappa shape index (κ3) is 2.21. The molecule has 1 aliphatic rings. The molecule has 2 aromatic carbocycles. The molecule has 4 rings (SSSR count). The summed E-state index contributed by atoms with van der Waals surface area (Å²) in [6, 6.07) is 13.0. The lowest BCUT2D eigenvalue weighted by Gasteiger charge is -2.23. The Kier molecular flexibility index (Phi) is 3.49. The van der Waals surface area contributed by atoms with Crippen molar-refractivity contribution in [3.05, 3.63) is 80.7 Å². The van der Waals surface area contributed by atoms with Crippen LogP contribution in [0.3, 0.4) is 0 Å². The molecule has 3 aromatic rings. The van der Waals surface area contributed by atoms with Gasteiger partial charge in [0.1, 0.15) is 5.58 Å². The largest absolute Gasteiger partial charge is 0.450 e. The average Bonchev–Trinajstić information content (AvgIpc) is 2.90. The molecule has 0 bridgehead atoms. The maximum Gasteiger partial charge on any atom is 0.290 e. The van der Waals surface area contributed by atoms with Gasteiger partial charge in [-0.3, -0.25) is 9.59 Å². The molecule has 0 aliphatic carbocycles. The van der Waals surface area contributed by atoms with Gasteiger partial charge in [0.15, 0.2) is 5.43 Å².